The van der Waals surface area contributed by atoms with Gasteiger partial charge in [-0.1, -0.05) is 32.1 Å². The summed E-state index contributed by atoms with van der Waals surface area (Å²) in [5.41, 5.74) is 2.37. The Morgan fingerprint density at radius 1 is 1.23 bits per heavy atom. The van der Waals surface area contributed by atoms with Crippen LogP contribution in [0.5, 0.6) is 0 Å². The van der Waals surface area contributed by atoms with Gasteiger partial charge in [-0.25, -0.2) is 0 Å². The summed E-state index contributed by atoms with van der Waals surface area (Å²) < 4.78 is 0. The van der Waals surface area contributed by atoms with Gasteiger partial charge in [0.15, 0.2) is 5.78 Å². The van der Waals surface area contributed by atoms with Crippen LogP contribution in [0.4, 0.5) is 0 Å². The van der Waals surface area contributed by atoms with E-state index in [0.29, 0.717) is 17.8 Å². The summed E-state index contributed by atoms with van der Waals surface area (Å²) in [5, 5.41) is 10.5. The minimum Gasteiger partial charge on any atom is -0.393 e. The number of ketones is 1. The second kappa shape index (κ2) is 4.44. The average Bonchev–Trinajstić information content (AvgIpc) is 2.77. The molecule has 3 saturated carbocycles. The van der Waals surface area contributed by atoms with Crippen molar-refractivity contribution in [3.63, 3.8) is 0 Å². The van der Waals surface area contributed by atoms with Gasteiger partial charge in [0.1, 0.15) is 0 Å². The topological polar surface area (TPSA) is 37.3 Å². The normalized spacial score (nSPS) is 50.2. The van der Waals surface area contributed by atoms with Gasteiger partial charge in [-0.15, -0.1) is 0 Å². The Kier molecular flexibility index (Phi) is 2.92. The van der Waals surface area contributed by atoms with Crippen molar-refractivity contribution in [3.8, 4) is 0 Å². The van der Waals surface area contributed by atoms with Gasteiger partial charge in [0.05, 0.1) is 6.10 Å². The molecule has 0 radical (unpaired) electrons. The third-order valence-corrected chi connectivity index (χ3v) is 7.48. The molecule has 0 aromatic heterocycles. The van der Waals surface area contributed by atoms with Crippen LogP contribution in [0.25, 0.3) is 0 Å². The maximum atomic E-state index is 11.8. The molecule has 0 aromatic carbocycles. The molecule has 0 heterocycles. The molecule has 0 aromatic rings. The van der Waals surface area contributed by atoms with Gasteiger partial charge in [0.2, 0.25) is 0 Å². The number of allylic oxidation sites excluding steroid dienone is 5. The minimum atomic E-state index is -0.139. The first kappa shape index (κ1) is 14.4. The van der Waals surface area contributed by atoms with E-state index < -0.39 is 0 Å². The summed E-state index contributed by atoms with van der Waals surface area (Å²) in [7, 11) is 0. The zero-order valence-electron chi connectivity index (χ0n) is 13.6. The third-order valence-electron chi connectivity index (χ3n) is 7.48. The van der Waals surface area contributed by atoms with Crippen LogP contribution in [0.1, 0.15) is 46.0 Å². The van der Waals surface area contributed by atoms with Crippen molar-refractivity contribution >= 4 is 5.78 Å². The van der Waals surface area contributed by atoms with E-state index in [2.05, 4.69) is 26.5 Å². The van der Waals surface area contributed by atoms with E-state index in [1.807, 2.05) is 6.08 Å². The van der Waals surface area contributed by atoms with Crippen molar-refractivity contribution in [2.24, 2.45) is 28.6 Å². The number of rotatable bonds is 0. The molecule has 0 saturated heterocycles. The van der Waals surface area contributed by atoms with Crippen molar-refractivity contribution in [1.82, 2.24) is 0 Å². The molecule has 0 spiro atoms. The van der Waals surface area contributed by atoms with E-state index in [1.165, 1.54) is 5.57 Å². The summed E-state index contributed by atoms with van der Waals surface area (Å²) in [6.07, 6.45) is 10.9. The summed E-state index contributed by atoms with van der Waals surface area (Å²) in [6, 6.07) is 0. The van der Waals surface area contributed by atoms with Crippen molar-refractivity contribution in [3.05, 3.63) is 36.0 Å². The van der Waals surface area contributed by atoms with Crippen molar-refractivity contribution in [2.75, 3.05) is 0 Å². The Morgan fingerprint density at radius 2 is 2.00 bits per heavy atom. The highest BCUT2D eigenvalue weighted by Gasteiger charge is 2.58. The number of hydrogen-bond donors (Lipinski definition) is 1. The highest BCUT2D eigenvalue weighted by atomic mass is 16.3. The predicted molar refractivity (Wildman–Crippen MR) is 87.1 cm³/mol. The molecule has 3 fully saturated rings. The highest BCUT2D eigenvalue weighted by Crippen LogP contribution is 2.65. The van der Waals surface area contributed by atoms with E-state index in [9.17, 15) is 9.90 Å². The largest absolute Gasteiger partial charge is 0.393 e. The SMILES string of the molecule is C=C1CC2C3CCC(O)[C@@]3(C)CCC2[C@@]2(C)C=CC(=O)C=C12. The smallest absolute Gasteiger partial charge is 0.178 e. The van der Waals surface area contributed by atoms with Crippen molar-refractivity contribution in [2.45, 2.75) is 52.1 Å². The van der Waals surface area contributed by atoms with Crippen LogP contribution >= 0.6 is 0 Å². The van der Waals surface area contributed by atoms with Gasteiger partial charge in [0, 0.05) is 5.41 Å². The Morgan fingerprint density at radius 3 is 2.77 bits per heavy atom. The molecular weight excluding hydrogens is 272 g/mol. The number of hydrogen-bond acceptors (Lipinski definition) is 2. The number of carbonyl (C=O) groups is 1. The molecule has 0 aliphatic heterocycles. The summed E-state index contributed by atoms with van der Waals surface area (Å²) in [6.45, 7) is 8.89. The lowest BCUT2D eigenvalue weighted by Gasteiger charge is -2.57. The van der Waals surface area contributed by atoms with Crippen LogP contribution in [0, 0.1) is 28.6 Å². The molecule has 0 bridgehead atoms. The fourth-order valence-corrected chi connectivity index (χ4v) is 6.18. The van der Waals surface area contributed by atoms with Crippen molar-refractivity contribution < 1.29 is 9.90 Å². The van der Waals surface area contributed by atoms with E-state index in [1.54, 1.807) is 6.08 Å². The average molecular weight is 298 g/mol. The van der Waals surface area contributed by atoms with E-state index in [-0.39, 0.29) is 22.7 Å². The lowest BCUT2D eigenvalue weighted by atomic mass is 9.47. The Bertz CT molecular complexity index is 613. The first-order valence-corrected chi connectivity index (χ1v) is 8.68. The van der Waals surface area contributed by atoms with Crippen LogP contribution in [0.2, 0.25) is 0 Å². The second-order valence-corrected chi connectivity index (χ2v) is 8.40. The van der Waals surface area contributed by atoms with Crippen molar-refractivity contribution in [1.29, 1.82) is 0 Å². The molecule has 4 aliphatic rings. The molecule has 1 N–H and O–H groups in total. The van der Waals surface area contributed by atoms with E-state index in [0.717, 1.165) is 37.7 Å². The van der Waals surface area contributed by atoms with Gasteiger partial charge in [-0.3, -0.25) is 4.79 Å². The first-order valence-electron chi connectivity index (χ1n) is 8.68. The molecule has 22 heavy (non-hydrogen) atoms. The fraction of sp³-hybridized carbons (Fsp3) is 0.650. The Hall–Kier alpha value is -1.15. The van der Waals surface area contributed by atoms with E-state index >= 15 is 0 Å². The lowest BCUT2D eigenvalue weighted by molar-refractivity contribution is -0.111. The minimum absolute atomic E-state index is 0.0389. The quantitative estimate of drug-likeness (QED) is 0.738. The van der Waals surface area contributed by atoms with Gasteiger partial charge >= 0.3 is 0 Å². The predicted octanol–water partition coefficient (Wildman–Crippen LogP) is 3.82. The summed E-state index contributed by atoms with van der Waals surface area (Å²) in [4.78, 5) is 11.8. The molecule has 6 atom stereocenters. The van der Waals surface area contributed by atoms with Crippen LogP contribution in [0.15, 0.2) is 36.0 Å². The maximum Gasteiger partial charge on any atom is 0.178 e. The second-order valence-electron chi connectivity index (χ2n) is 8.40. The molecule has 118 valence electrons. The van der Waals surface area contributed by atoms with Crippen LogP contribution in [0.3, 0.4) is 0 Å². The molecule has 2 nitrogen and oxygen atoms in total. The third kappa shape index (κ3) is 1.68. The Balaban J connectivity index is 1.76. The number of aliphatic hydroxyl groups excluding tert-OH is 1. The van der Waals surface area contributed by atoms with Crippen LogP contribution < -0.4 is 0 Å². The standard InChI is InChI=1S/C20H26O2/c1-12-10-14-15-4-5-18(22)20(15,3)9-7-16(14)19(2)8-6-13(21)11-17(12)19/h6,8,11,14-16,18,22H,1,4-5,7,9-10H2,2-3H3/t14?,15?,16?,18?,19-,20+/m1/s1. The summed E-state index contributed by atoms with van der Waals surface area (Å²) >= 11 is 0. The molecule has 4 aliphatic carbocycles. The zero-order chi connectivity index (χ0) is 15.7. The summed E-state index contributed by atoms with van der Waals surface area (Å²) in [5.74, 6) is 1.88. The van der Waals surface area contributed by atoms with Gasteiger partial charge in [-0.2, -0.15) is 0 Å². The number of carbonyl (C=O) groups excluding carboxylic acids is 1. The zero-order valence-corrected chi connectivity index (χ0v) is 13.6. The lowest BCUT2D eigenvalue weighted by Crippen LogP contribution is -2.50. The molecule has 0 amide bonds. The molecular formula is C20H26O2. The molecule has 4 unspecified atom stereocenters. The van der Waals surface area contributed by atoms with Gasteiger partial charge < -0.3 is 5.11 Å². The Labute approximate surface area is 133 Å². The van der Waals surface area contributed by atoms with Crippen LogP contribution in [-0.4, -0.2) is 17.0 Å². The number of fused-ring (bicyclic) bond motifs is 5. The molecule has 4 rings (SSSR count). The fourth-order valence-electron chi connectivity index (χ4n) is 6.18. The maximum absolute atomic E-state index is 11.8. The monoisotopic (exact) mass is 298 g/mol. The molecule has 2 heteroatoms. The first-order chi connectivity index (χ1) is 10.4. The van der Waals surface area contributed by atoms with Gasteiger partial charge in [-0.05, 0) is 73.0 Å². The van der Waals surface area contributed by atoms with Gasteiger partial charge in [0.25, 0.3) is 0 Å². The highest BCUT2D eigenvalue weighted by molar-refractivity contribution is 6.01. The van der Waals surface area contributed by atoms with E-state index in [4.69, 9.17) is 0 Å². The van der Waals surface area contributed by atoms with Crippen LogP contribution in [-0.2, 0) is 4.79 Å². The number of aliphatic hydroxyl groups is 1.